The number of aromatic nitrogens is 1. The van der Waals surface area contributed by atoms with Crippen molar-refractivity contribution in [2.45, 2.75) is 48.8 Å². The minimum atomic E-state index is -1.21. The molecule has 4 aliphatic rings. The molecule has 2 aromatic carbocycles. The van der Waals surface area contributed by atoms with Crippen molar-refractivity contribution in [3.8, 4) is 0 Å². The van der Waals surface area contributed by atoms with Gasteiger partial charge in [-0.3, -0.25) is 9.69 Å². The summed E-state index contributed by atoms with van der Waals surface area (Å²) in [5.41, 5.74) is 7.95. The zero-order valence-electron chi connectivity index (χ0n) is 22.2. The Bertz CT molecular complexity index is 1600. The summed E-state index contributed by atoms with van der Waals surface area (Å²) in [6.45, 7) is 0.681. The summed E-state index contributed by atoms with van der Waals surface area (Å²) >= 11 is 12.5. The van der Waals surface area contributed by atoms with Gasteiger partial charge in [-0.1, -0.05) is 41.4 Å². The molecule has 1 saturated carbocycles. The van der Waals surface area contributed by atoms with E-state index in [9.17, 15) is 9.59 Å². The first-order chi connectivity index (χ1) is 19.7. The molecule has 1 unspecified atom stereocenters. The van der Waals surface area contributed by atoms with Crippen molar-refractivity contribution in [3.05, 3.63) is 86.8 Å². The van der Waals surface area contributed by atoms with E-state index in [1.807, 2.05) is 12.1 Å². The maximum atomic E-state index is 15.9. The van der Waals surface area contributed by atoms with Crippen molar-refractivity contribution in [2.24, 2.45) is 5.92 Å². The van der Waals surface area contributed by atoms with E-state index in [0.29, 0.717) is 47.1 Å². The van der Waals surface area contributed by atoms with Crippen LogP contribution in [-0.4, -0.2) is 47.5 Å². The molecular formula is C30H28Cl2FN5O3. The molecule has 8 nitrogen and oxygen atoms in total. The predicted octanol–water partition coefficient (Wildman–Crippen LogP) is 5.02. The van der Waals surface area contributed by atoms with Crippen molar-refractivity contribution in [1.29, 1.82) is 0 Å². The summed E-state index contributed by atoms with van der Waals surface area (Å²) in [5, 5.41) is 6.97. The highest BCUT2D eigenvalue weighted by Crippen LogP contribution is 2.61. The zero-order valence-corrected chi connectivity index (χ0v) is 23.7. The molecule has 3 aliphatic heterocycles. The fraction of sp³-hybridized carbons (Fsp3) is 0.367. The lowest BCUT2D eigenvalue weighted by atomic mass is 9.74. The number of methoxy groups -OCH3 is 1. The van der Waals surface area contributed by atoms with E-state index >= 15 is 4.39 Å². The molecule has 41 heavy (non-hydrogen) atoms. The number of nitrogen functional groups attached to an aromatic ring is 1. The number of fused-ring (bicyclic) bond motifs is 3. The van der Waals surface area contributed by atoms with Gasteiger partial charge in [-0.15, -0.1) is 0 Å². The molecule has 1 aliphatic carbocycles. The van der Waals surface area contributed by atoms with Crippen LogP contribution < -0.4 is 16.4 Å². The number of benzene rings is 2. The quantitative estimate of drug-likeness (QED) is 0.216. The van der Waals surface area contributed by atoms with Gasteiger partial charge in [0.25, 0.3) is 5.91 Å². The number of anilines is 2. The predicted molar refractivity (Wildman–Crippen MR) is 153 cm³/mol. The molecule has 0 radical (unpaired) electrons. The van der Waals surface area contributed by atoms with Gasteiger partial charge in [0, 0.05) is 41.8 Å². The van der Waals surface area contributed by atoms with Crippen molar-refractivity contribution >= 4 is 46.6 Å². The second-order valence-corrected chi connectivity index (χ2v) is 12.1. The summed E-state index contributed by atoms with van der Waals surface area (Å²) in [6, 6.07) is 13.0. The highest BCUT2D eigenvalue weighted by Gasteiger charge is 2.69. The first-order valence-corrected chi connectivity index (χ1v) is 14.4. The number of carbonyl (C=O) groups is 2. The maximum absolute atomic E-state index is 15.9. The first-order valence-electron chi connectivity index (χ1n) is 13.7. The molecule has 11 heteroatoms. The molecule has 1 spiro atoms. The van der Waals surface area contributed by atoms with E-state index in [1.54, 1.807) is 30.3 Å². The summed E-state index contributed by atoms with van der Waals surface area (Å²) in [4.78, 5) is 33.0. The Morgan fingerprint density at radius 1 is 1.20 bits per heavy atom. The molecule has 212 valence electrons. The van der Waals surface area contributed by atoms with E-state index in [0.717, 1.165) is 18.4 Å². The van der Waals surface area contributed by atoms with Crippen molar-refractivity contribution in [1.82, 2.24) is 15.2 Å². The maximum Gasteiger partial charge on any atom is 0.337 e. The molecule has 4 heterocycles. The smallest absolute Gasteiger partial charge is 0.337 e. The molecule has 0 bridgehead atoms. The largest absolute Gasteiger partial charge is 0.465 e. The van der Waals surface area contributed by atoms with Gasteiger partial charge >= 0.3 is 5.97 Å². The van der Waals surface area contributed by atoms with E-state index in [2.05, 4.69) is 20.5 Å². The standard InChI is InChI=1S/C30H28Cl2FN5O3/c1-41-28(39)15-7-8-16(20(34)11-15)21-12-22-26(35-21)24(17-3-2-4-19(31)25(17)33)30(38(22)13-14-5-6-14)18-9-10-23(32)36-27(18)37-29(30)40/h2-4,7-11,14,21-22,24,26,35H,5-6,12-13,34H2,1H3,(H,36,37,40)/t21?,22-,24-,26+,30+/m0/s1. The monoisotopic (exact) mass is 595 g/mol. The van der Waals surface area contributed by atoms with E-state index < -0.39 is 23.2 Å². The third kappa shape index (κ3) is 3.97. The number of hydrogen-bond donors (Lipinski definition) is 3. The molecule has 2 saturated heterocycles. The third-order valence-corrected chi connectivity index (χ3v) is 9.65. The van der Waals surface area contributed by atoms with E-state index in [-0.39, 0.29) is 34.2 Å². The highest BCUT2D eigenvalue weighted by atomic mass is 35.5. The zero-order chi connectivity index (χ0) is 28.6. The number of likely N-dealkylation sites (tertiary alicyclic amines) is 1. The van der Waals surface area contributed by atoms with Crippen LogP contribution in [0.3, 0.4) is 0 Å². The molecular weight excluding hydrogens is 568 g/mol. The average molecular weight is 596 g/mol. The number of nitrogens with one attached hydrogen (secondary N) is 2. The van der Waals surface area contributed by atoms with Gasteiger partial charge in [0.1, 0.15) is 22.3 Å². The van der Waals surface area contributed by atoms with Crippen LogP contribution in [0.15, 0.2) is 48.5 Å². The number of carbonyl (C=O) groups excluding carboxylic acids is 2. The topological polar surface area (TPSA) is 110 Å². The minimum Gasteiger partial charge on any atom is -0.465 e. The fourth-order valence-corrected chi connectivity index (χ4v) is 7.62. The Balaban J connectivity index is 1.38. The number of ether oxygens (including phenoxy) is 1. The van der Waals surface area contributed by atoms with Gasteiger partial charge in [-0.2, -0.15) is 0 Å². The number of esters is 1. The molecule has 5 atom stereocenters. The van der Waals surface area contributed by atoms with Crippen LogP contribution in [-0.2, 0) is 15.1 Å². The number of nitrogens with zero attached hydrogens (tertiary/aromatic N) is 2. The number of hydrogen-bond acceptors (Lipinski definition) is 7. The van der Waals surface area contributed by atoms with E-state index in [4.69, 9.17) is 33.7 Å². The first kappa shape index (κ1) is 26.6. The van der Waals surface area contributed by atoms with E-state index in [1.165, 1.54) is 13.2 Å². The molecule has 1 amide bonds. The van der Waals surface area contributed by atoms with Crippen molar-refractivity contribution in [2.75, 3.05) is 24.7 Å². The van der Waals surface area contributed by atoms with Gasteiger partial charge < -0.3 is 21.1 Å². The summed E-state index contributed by atoms with van der Waals surface area (Å²) < 4.78 is 20.8. The Labute approximate surface area is 246 Å². The van der Waals surface area contributed by atoms with Crippen LogP contribution in [0, 0.1) is 11.7 Å². The second kappa shape index (κ2) is 9.66. The molecule has 1 aromatic heterocycles. The minimum absolute atomic E-state index is 0.0000991. The summed E-state index contributed by atoms with van der Waals surface area (Å²) in [5.74, 6) is -1.04. The van der Waals surface area contributed by atoms with Crippen LogP contribution in [0.4, 0.5) is 15.9 Å². The van der Waals surface area contributed by atoms with Crippen molar-refractivity contribution < 1.29 is 18.7 Å². The van der Waals surface area contributed by atoms with Crippen LogP contribution in [0.5, 0.6) is 0 Å². The van der Waals surface area contributed by atoms with Crippen LogP contribution in [0.1, 0.15) is 58.3 Å². The number of rotatable bonds is 5. The lowest BCUT2D eigenvalue weighted by molar-refractivity contribution is -0.128. The molecule has 3 fully saturated rings. The third-order valence-electron chi connectivity index (χ3n) is 9.15. The Morgan fingerprint density at radius 3 is 2.73 bits per heavy atom. The number of nitrogens with two attached hydrogens (primary N) is 1. The normalized spacial score (nSPS) is 28.5. The fourth-order valence-electron chi connectivity index (χ4n) is 7.29. The summed E-state index contributed by atoms with van der Waals surface area (Å²) in [7, 11) is 1.33. The molecule has 7 rings (SSSR count). The van der Waals surface area contributed by atoms with Gasteiger partial charge in [-0.05, 0) is 66.6 Å². The lowest BCUT2D eigenvalue weighted by Gasteiger charge is -2.40. The number of pyridine rings is 1. The Kier molecular flexibility index (Phi) is 6.28. The van der Waals surface area contributed by atoms with Gasteiger partial charge in [0.05, 0.1) is 17.7 Å². The molecule has 4 N–H and O–H groups in total. The van der Waals surface area contributed by atoms with Crippen LogP contribution >= 0.6 is 23.2 Å². The Hall–Kier alpha value is -3.24. The second-order valence-electron chi connectivity index (χ2n) is 11.4. The Morgan fingerprint density at radius 2 is 2.00 bits per heavy atom. The van der Waals surface area contributed by atoms with Crippen molar-refractivity contribution in [3.63, 3.8) is 0 Å². The van der Waals surface area contributed by atoms with Crippen LogP contribution in [0.25, 0.3) is 0 Å². The highest BCUT2D eigenvalue weighted by molar-refractivity contribution is 6.31. The number of amides is 1. The van der Waals surface area contributed by atoms with Gasteiger partial charge in [0.2, 0.25) is 0 Å². The molecule has 3 aromatic rings. The SMILES string of the molecule is COC(=O)c1ccc(C2C[C@H]3[C@@H](N2)[C@H](c2cccc(Cl)c2F)[C@]2(C(=O)Nc4nc(Cl)ccc42)N3CC2CC2)c(N)c1. The van der Waals surface area contributed by atoms with Gasteiger partial charge in [-0.25, -0.2) is 14.2 Å². The van der Waals surface area contributed by atoms with Gasteiger partial charge in [0.15, 0.2) is 0 Å². The lowest BCUT2D eigenvalue weighted by Crippen LogP contribution is -2.53. The average Bonchev–Trinajstić information content (AvgIpc) is 3.52. The summed E-state index contributed by atoms with van der Waals surface area (Å²) in [6.07, 6.45) is 2.78. The number of halogens is 3. The van der Waals surface area contributed by atoms with Crippen LogP contribution in [0.2, 0.25) is 10.2 Å².